The third-order valence-corrected chi connectivity index (χ3v) is 2.99. The van der Waals surface area contributed by atoms with Gasteiger partial charge in [-0.3, -0.25) is 0 Å². The summed E-state index contributed by atoms with van der Waals surface area (Å²) < 4.78 is 56.7. The lowest BCUT2D eigenvalue weighted by Crippen LogP contribution is -2.20. The fraction of sp³-hybridized carbons (Fsp3) is 0.200. The predicted molar refractivity (Wildman–Crippen MR) is 75.3 cm³/mol. The Bertz CT molecular complexity index is 770. The molecule has 0 aliphatic rings. The fourth-order valence-electron chi connectivity index (χ4n) is 1.94. The molecule has 0 N–H and O–H groups in total. The Hall–Kier alpha value is -3.02. The topological polar surface area (TPSA) is 75.3 Å². The molecule has 9 heteroatoms. The average molecular weight is 339 g/mol. The standard InChI is InChI=1S/C15H9F4N3O2/c16-10-3-1-9(2-4-10)13-12(24-8-7-20)6-5-11(21-13)14(22-23)15(17,18)19/h1-6,14H,8H2. The highest BCUT2D eigenvalue weighted by atomic mass is 19.4. The first kappa shape index (κ1) is 17.3. The molecule has 0 spiro atoms. The second-order valence-electron chi connectivity index (χ2n) is 4.59. The monoisotopic (exact) mass is 339 g/mol. The zero-order valence-electron chi connectivity index (χ0n) is 11.9. The second kappa shape index (κ2) is 7.04. The van der Waals surface area contributed by atoms with E-state index in [0.29, 0.717) is 0 Å². The van der Waals surface area contributed by atoms with Gasteiger partial charge < -0.3 is 4.74 Å². The summed E-state index contributed by atoms with van der Waals surface area (Å²) in [7, 11) is 0. The van der Waals surface area contributed by atoms with Crippen LogP contribution >= 0.6 is 0 Å². The summed E-state index contributed by atoms with van der Waals surface area (Å²) in [5.74, 6) is -0.518. The van der Waals surface area contributed by atoms with Crippen molar-refractivity contribution in [3.63, 3.8) is 0 Å². The van der Waals surface area contributed by atoms with Crippen molar-refractivity contribution in [3.8, 4) is 23.1 Å². The van der Waals surface area contributed by atoms with Crippen LogP contribution in [0, 0.1) is 22.1 Å². The largest absolute Gasteiger partial charge is 0.476 e. The lowest BCUT2D eigenvalue weighted by atomic mass is 10.1. The maximum absolute atomic E-state index is 13.0. The van der Waals surface area contributed by atoms with Crippen LogP contribution in [0.3, 0.4) is 0 Å². The molecule has 1 heterocycles. The molecule has 0 amide bonds. The molecule has 0 saturated carbocycles. The molecular weight excluding hydrogens is 330 g/mol. The lowest BCUT2D eigenvalue weighted by molar-refractivity contribution is -0.149. The van der Waals surface area contributed by atoms with Crippen molar-refractivity contribution in [2.45, 2.75) is 12.2 Å². The van der Waals surface area contributed by atoms with E-state index < -0.39 is 23.7 Å². The number of aromatic nitrogens is 1. The Kier molecular flexibility index (Phi) is 5.08. The summed E-state index contributed by atoms with van der Waals surface area (Å²) in [6.07, 6.45) is -4.90. The normalized spacial score (nSPS) is 12.3. The van der Waals surface area contributed by atoms with Gasteiger partial charge >= 0.3 is 6.18 Å². The highest BCUT2D eigenvalue weighted by Crippen LogP contribution is 2.37. The number of halogens is 4. The van der Waals surface area contributed by atoms with E-state index in [-0.39, 0.29) is 23.6 Å². The summed E-state index contributed by atoms with van der Waals surface area (Å²) in [5.41, 5.74) is -0.417. The van der Waals surface area contributed by atoms with E-state index in [2.05, 4.69) is 10.2 Å². The molecule has 24 heavy (non-hydrogen) atoms. The number of nitrogens with zero attached hydrogens (tertiary/aromatic N) is 3. The molecule has 1 aromatic heterocycles. The van der Waals surface area contributed by atoms with Gasteiger partial charge in [0.1, 0.15) is 23.3 Å². The lowest BCUT2D eigenvalue weighted by Gasteiger charge is -2.15. The highest BCUT2D eigenvalue weighted by Gasteiger charge is 2.43. The van der Waals surface area contributed by atoms with E-state index in [1.807, 2.05) is 0 Å². The first-order chi connectivity index (χ1) is 11.4. The van der Waals surface area contributed by atoms with Crippen LogP contribution in [-0.2, 0) is 0 Å². The average Bonchev–Trinajstić information content (AvgIpc) is 2.53. The number of nitriles is 1. The quantitative estimate of drug-likeness (QED) is 0.605. The first-order valence-electron chi connectivity index (χ1n) is 6.52. The SMILES string of the molecule is N#CCOc1ccc(C(N=O)C(F)(F)F)nc1-c1ccc(F)cc1. The Balaban J connectivity index is 2.55. The van der Waals surface area contributed by atoms with E-state index >= 15 is 0 Å². The van der Waals surface area contributed by atoms with Crippen LogP contribution in [0.4, 0.5) is 17.6 Å². The molecule has 0 fully saturated rings. The molecule has 0 radical (unpaired) electrons. The smallest absolute Gasteiger partial charge is 0.420 e. The molecule has 1 atom stereocenters. The van der Waals surface area contributed by atoms with Crippen LogP contribution in [0.25, 0.3) is 11.3 Å². The fourth-order valence-corrected chi connectivity index (χ4v) is 1.94. The van der Waals surface area contributed by atoms with Crippen molar-refractivity contribution >= 4 is 0 Å². The first-order valence-corrected chi connectivity index (χ1v) is 6.52. The van der Waals surface area contributed by atoms with Gasteiger partial charge in [0.2, 0.25) is 6.04 Å². The second-order valence-corrected chi connectivity index (χ2v) is 4.59. The third kappa shape index (κ3) is 3.84. The van der Waals surface area contributed by atoms with Crippen molar-refractivity contribution in [2.24, 2.45) is 5.18 Å². The summed E-state index contributed by atoms with van der Waals surface area (Å²) in [6, 6.07) is 5.95. The zero-order chi connectivity index (χ0) is 17.7. The van der Waals surface area contributed by atoms with Gasteiger partial charge in [-0.2, -0.15) is 18.4 Å². The maximum Gasteiger partial charge on any atom is 0.420 e. The van der Waals surface area contributed by atoms with Gasteiger partial charge in [0.05, 0.1) is 5.69 Å². The van der Waals surface area contributed by atoms with Crippen LogP contribution < -0.4 is 4.74 Å². The van der Waals surface area contributed by atoms with Crippen LogP contribution in [0.2, 0.25) is 0 Å². The van der Waals surface area contributed by atoms with Crippen molar-refractivity contribution < 1.29 is 22.3 Å². The number of hydrogen-bond donors (Lipinski definition) is 0. The van der Waals surface area contributed by atoms with E-state index in [9.17, 15) is 22.5 Å². The molecule has 2 aromatic rings. The molecule has 2 rings (SSSR count). The minimum Gasteiger partial charge on any atom is -0.476 e. The number of benzene rings is 1. The molecule has 1 unspecified atom stereocenters. The number of pyridine rings is 1. The van der Waals surface area contributed by atoms with E-state index in [0.717, 1.165) is 24.3 Å². The Morgan fingerprint density at radius 2 is 1.88 bits per heavy atom. The molecule has 0 saturated heterocycles. The van der Waals surface area contributed by atoms with Crippen LogP contribution in [0.5, 0.6) is 5.75 Å². The van der Waals surface area contributed by atoms with Crippen molar-refractivity contribution in [1.29, 1.82) is 5.26 Å². The summed E-state index contributed by atoms with van der Waals surface area (Å²) in [6.45, 7) is -0.357. The van der Waals surface area contributed by atoms with Crippen molar-refractivity contribution in [2.75, 3.05) is 6.61 Å². The van der Waals surface area contributed by atoms with Crippen molar-refractivity contribution in [1.82, 2.24) is 4.98 Å². The van der Waals surface area contributed by atoms with Crippen LogP contribution in [-0.4, -0.2) is 17.8 Å². The zero-order valence-corrected chi connectivity index (χ0v) is 11.9. The number of rotatable bonds is 5. The van der Waals surface area contributed by atoms with Crippen LogP contribution in [0.15, 0.2) is 41.6 Å². The molecule has 1 aromatic carbocycles. The summed E-state index contributed by atoms with van der Waals surface area (Å²) in [4.78, 5) is 14.4. The molecule has 0 aliphatic heterocycles. The molecule has 0 aliphatic carbocycles. The minimum atomic E-state index is -4.90. The van der Waals surface area contributed by atoms with Gasteiger partial charge in [0.15, 0.2) is 6.61 Å². The number of ether oxygens (including phenoxy) is 1. The highest BCUT2D eigenvalue weighted by molar-refractivity contribution is 5.66. The van der Waals surface area contributed by atoms with Crippen LogP contribution in [0.1, 0.15) is 11.7 Å². The summed E-state index contributed by atoms with van der Waals surface area (Å²) in [5, 5.41) is 10.6. The molecule has 124 valence electrons. The number of nitroso groups, excluding NO2 is 1. The van der Waals surface area contributed by atoms with E-state index in [1.165, 1.54) is 12.1 Å². The van der Waals surface area contributed by atoms with Gasteiger partial charge in [0, 0.05) is 5.56 Å². The number of hydrogen-bond acceptors (Lipinski definition) is 5. The van der Waals surface area contributed by atoms with E-state index in [4.69, 9.17) is 10.00 Å². The Labute approximate surface area is 133 Å². The summed E-state index contributed by atoms with van der Waals surface area (Å²) >= 11 is 0. The van der Waals surface area contributed by atoms with Gasteiger partial charge in [-0.25, -0.2) is 9.37 Å². The van der Waals surface area contributed by atoms with E-state index in [1.54, 1.807) is 6.07 Å². The van der Waals surface area contributed by atoms with Crippen molar-refractivity contribution in [3.05, 3.63) is 52.8 Å². The van der Waals surface area contributed by atoms with Gasteiger partial charge in [-0.05, 0) is 36.4 Å². The molecule has 5 nitrogen and oxygen atoms in total. The van der Waals surface area contributed by atoms with Gasteiger partial charge in [-0.1, -0.05) is 5.18 Å². The Morgan fingerprint density at radius 1 is 1.21 bits per heavy atom. The maximum atomic E-state index is 13.0. The molecule has 0 bridgehead atoms. The predicted octanol–water partition coefficient (Wildman–Crippen LogP) is 4.16. The third-order valence-electron chi connectivity index (χ3n) is 2.99. The Morgan fingerprint density at radius 3 is 2.42 bits per heavy atom. The number of alkyl halides is 3. The van der Waals surface area contributed by atoms with Gasteiger partial charge in [0.25, 0.3) is 0 Å². The van der Waals surface area contributed by atoms with Gasteiger partial charge in [-0.15, -0.1) is 4.91 Å². The minimum absolute atomic E-state index is 0.0266. The molecular formula is C15H9F4N3O2.